The van der Waals surface area contributed by atoms with Crippen molar-refractivity contribution in [3.63, 3.8) is 0 Å². The molecular formula is C17H18N2O5. The van der Waals surface area contributed by atoms with E-state index in [-0.39, 0.29) is 29.8 Å². The maximum absolute atomic E-state index is 12.8. The number of nitrogens with zero attached hydrogens (tertiary/aromatic N) is 2. The number of furan rings is 1. The van der Waals surface area contributed by atoms with Crippen LogP contribution in [0.15, 0.2) is 41.1 Å². The first-order valence-corrected chi connectivity index (χ1v) is 7.76. The van der Waals surface area contributed by atoms with Crippen LogP contribution in [0.3, 0.4) is 0 Å². The van der Waals surface area contributed by atoms with Gasteiger partial charge in [0.25, 0.3) is 5.91 Å². The molecule has 1 saturated heterocycles. The Morgan fingerprint density at radius 3 is 2.92 bits per heavy atom. The normalized spacial score (nSPS) is 16.9. The van der Waals surface area contributed by atoms with E-state index in [1.54, 1.807) is 23.3 Å². The van der Waals surface area contributed by atoms with Crippen LogP contribution in [0.1, 0.15) is 39.4 Å². The van der Waals surface area contributed by atoms with Crippen LogP contribution in [0.25, 0.3) is 0 Å². The maximum Gasteiger partial charge on any atom is 0.335 e. The van der Waals surface area contributed by atoms with Crippen molar-refractivity contribution in [1.29, 1.82) is 0 Å². The molecule has 2 aromatic heterocycles. The molecule has 1 aliphatic heterocycles. The fraction of sp³-hybridized carbons (Fsp3) is 0.353. The van der Waals surface area contributed by atoms with Gasteiger partial charge in [-0.3, -0.25) is 9.78 Å². The molecule has 1 N–H and O–H groups in total. The zero-order valence-corrected chi connectivity index (χ0v) is 13.1. The van der Waals surface area contributed by atoms with Crippen LogP contribution in [0.5, 0.6) is 0 Å². The zero-order valence-electron chi connectivity index (χ0n) is 13.1. The molecule has 0 bridgehead atoms. The molecule has 1 unspecified atom stereocenters. The summed E-state index contributed by atoms with van der Waals surface area (Å²) in [5.41, 5.74) is 0.128. The minimum absolute atomic E-state index is 0.0217. The van der Waals surface area contributed by atoms with Gasteiger partial charge in [0.15, 0.2) is 0 Å². The van der Waals surface area contributed by atoms with Crippen LogP contribution in [-0.4, -0.2) is 46.1 Å². The number of aromatic nitrogens is 1. The van der Waals surface area contributed by atoms with E-state index in [0.717, 1.165) is 12.8 Å². The highest BCUT2D eigenvalue weighted by Gasteiger charge is 2.25. The first-order chi connectivity index (χ1) is 11.6. The Bertz CT molecular complexity index is 708. The molecule has 0 aliphatic carbocycles. The average molecular weight is 330 g/mol. The van der Waals surface area contributed by atoms with Gasteiger partial charge in [0, 0.05) is 19.3 Å². The lowest BCUT2D eigenvalue weighted by atomic mass is 10.2. The smallest absolute Gasteiger partial charge is 0.335 e. The van der Waals surface area contributed by atoms with Crippen molar-refractivity contribution in [2.24, 2.45) is 0 Å². The summed E-state index contributed by atoms with van der Waals surface area (Å²) in [6.45, 7) is 1.39. The van der Waals surface area contributed by atoms with Crippen LogP contribution in [0.2, 0.25) is 0 Å². The lowest BCUT2D eigenvalue weighted by molar-refractivity contribution is 0.0487. The second-order valence-corrected chi connectivity index (χ2v) is 5.63. The summed E-state index contributed by atoms with van der Waals surface area (Å²) >= 11 is 0. The van der Waals surface area contributed by atoms with Crippen LogP contribution in [-0.2, 0) is 11.3 Å². The van der Waals surface area contributed by atoms with Crippen molar-refractivity contribution in [1.82, 2.24) is 9.88 Å². The molecule has 126 valence electrons. The maximum atomic E-state index is 12.8. The Morgan fingerprint density at radius 1 is 1.38 bits per heavy atom. The first-order valence-electron chi connectivity index (χ1n) is 7.76. The summed E-state index contributed by atoms with van der Waals surface area (Å²) in [5.74, 6) is -0.788. The van der Waals surface area contributed by atoms with Crippen molar-refractivity contribution in [2.75, 3.05) is 13.2 Å². The molecule has 0 spiro atoms. The number of ether oxygens (including phenoxy) is 1. The monoisotopic (exact) mass is 330 g/mol. The predicted molar refractivity (Wildman–Crippen MR) is 83.6 cm³/mol. The van der Waals surface area contributed by atoms with Crippen molar-refractivity contribution in [3.05, 3.63) is 53.7 Å². The molecule has 2 aromatic rings. The Balaban J connectivity index is 1.81. The second kappa shape index (κ2) is 7.27. The number of hydrogen-bond acceptors (Lipinski definition) is 5. The van der Waals surface area contributed by atoms with Crippen molar-refractivity contribution < 1.29 is 23.8 Å². The number of amides is 1. The highest BCUT2D eigenvalue weighted by Crippen LogP contribution is 2.17. The van der Waals surface area contributed by atoms with E-state index in [4.69, 9.17) is 14.3 Å². The van der Waals surface area contributed by atoms with E-state index in [9.17, 15) is 9.59 Å². The molecule has 0 radical (unpaired) electrons. The number of carbonyl (C=O) groups excluding carboxylic acids is 1. The van der Waals surface area contributed by atoms with Gasteiger partial charge in [-0.1, -0.05) is 0 Å². The summed E-state index contributed by atoms with van der Waals surface area (Å²) in [4.78, 5) is 29.5. The number of rotatable bonds is 6. The Morgan fingerprint density at radius 2 is 2.25 bits per heavy atom. The minimum atomic E-state index is -1.09. The van der Waals surface area contributed by atoms with E-state index in [0.29, 0.717) is 18.9 Å². The summed E-state index contributed by atoms with van der Waals surface area (Å²) < 4.78 is 10.9. The third-order valence-corrected chi connectivity index (χ3v) is 3.89. The standard InChI is InChI=1S/C17H18N2O5/c20-16(15-9-12(17(21)22)5-6-18-15)19(10-13-3-1-7-23-13)11-14-4-2-8-24-14/h1,3,5-7,9,14H,2,4,8,10-11H2,(H,21,22). The van der Waals surface area contributed by atoms with Crippen LogP contribution in [0.4, 0.5) is 0 Å². The molecule has 3 heterocycles. The molecule has 1 aliphatic rings. The number of carboxylic acid groups (broad SMARTS) is 1. The first kappa shape index (κ1) is 16.2. The molecule has 3 rings (SSSR count). The Labute approximate surface area is 138 Å². The third kappa shape index (κ3) is 3.80. The third-order valence-electron chi connectivity index (χ3n) is 3.89. The van der Waals surface area contributed by atoms with Crippen molar-refractivity contribution in [2.45, 2.75) is 25.5 Å². The number of pyridine rings is 1. The van der Waals surface area contributed by atoms with Gasteiger partial charge in [-0.25, -0.2) is 4.79 Å². The zero-order chi connectivity index (χ0) is 16.9. The van der Waals surface area contributed by atoms with Crippen molar-refractivity contribution in [3.8, 4) is 0 Å². The summed E-state index contributed by atoms with van der Waals surface area (Å²) in [7, 11) is 0. The van der Waals surface area contributed by atoms with Gasteiger partial charge in [0.05, 0.1) is 24.5 Å². The van der Waals surface area contributed by atoms with Gasteiger partial charge in [-0.2, -0.15) is 0 Å². The SMILES string of the molecule is O=C(O)c1ccnc(C(=O)N(Cc2ccco2)CC2CCCO2)c1. The molecule has 7 heteroatoms. The molecular weight excluding hydrogens is 312 g/mol. The number of hydrogen-bond donors (Lipinski definition) is 1. The van der Waals surface area contributed by atoms with E-state index < -0.39 is 5.97 Å². The summed E-state index contributed by atoms with van der Waals surface area (Å²) in [6.07, 6.45) is 4.72. The van der Waals surface area contributed by atoms with Gasteiger partial charge in [0.1, 0.15) is 11.5 Å². The fourth-order valence-corrected chi connectivity index (χ4v) is 2.69. The van der Waals surface area contributed by atoms with E-state index >= 15 is 0 Å². The Kier molecular flexibility index (Phi) is 4.90. The second-order valence-electron chi connectivity index (χ2n) is 5.63. The van der Waals surface area contributed by atoms with Gasteiger partial charge < -0.3 is 19.2 Å². The van der Waals surface area contributed by atoms with Crippen LogP contribution in [0, 0.1) is 0 Å². The van der Waals surface area contributed by atoms with E-state index in [1.807, 2.05) is 0 Å². The largest absolute Gasteiger partial charge is 0.478 e. The van der Waals surface area contributed by atoms with Crippen LogP contribution >= 0.6 is 0 Å². The fourth-order valence-electron chi connectivity index (χ4n) is 2.69. The topological polar surface area (TPSA) is 92.9 Å². The highest BCUT2D eigenvalue weighted by atomic mass is 16.5. The van der Waals surface area contributed by atoms with Gasteiger partial charge >= 0.3 is 5.97 Å². The van der Waals surface area contributed by atoms with E-state index in [2.05, 4.69) is 4.98 Å². The lowest BCUT2D eigenvalue weighted by Gasteiger charge is -2.24. The number of carbonyl (C=O) groups is 2. The van der Waals surface area contributed by atoms with Crippen molar-refractivity contribution >= 4 is 11.9 Å². The lowest BCUT2D eigenvalue weighted by Crippen LogP contribution is -2.37. The van der Waals surface area contributed by atoms with Crippen LogP contribution < -0.4 is 0 Å². The molecule has 0 aromatic carbocycles. The quantitative estimate of drug-likeness (QED) is 0.873. The Hall–Kier alpha value is -2.67. The molecule has 1 atom stereocenters. The summed E-state index contributed by atoms with van der Waals surface area (Å²) in [6, 6.07) is 6.19. The average Bonchev–Trinajstić information content (AvgIpc) is 3.27. The number of carboxylic acids is 1. The number of aromatic carboxylic acids is 1. The molecule has 1 amide bonds. The van der Waals surface area contributed by atoms with Gasteiger partial charge in [-0.15, -0.1) is 0 Å². The molecule has 0 saturated carbocycles. The predicted octanol–water partition coefficient (Wildman–Crippen LogP) is 2.19. The highest BCUT2D eigenvalue weighted by molar-refractivity contribution is 5.95. The van der Waals surface area contributed by atoms with Gasteiger partial charge in [0.2, 0.25) is 0 Å². The molecule has 1 fully saturated rings. The van der Waals surface area contributed by atoms with E-state index in [1.165, 1.54) is 18.3 Å². The summed E-state index contributed by atoms with van der Waals surface area (Å²) in [5, 5.41) is 9.08. The molecule has 7 nitrogen and oxygen atoms in total. The van der Waals surface area contributed by atoms with Gasteiger partial charge in [-0.05, 0) is 37.1 Å². The molecule has 24 heavy (non-hydrogen) atoms. The minimum Gasteiger partial charge on any atom is -0.478 e.